The standard InChI is InChI=1S/C12H11O2P.Ca.2H/c13-15(14,11-7-3-1-4-8-11)12-9-5-2-6-10-12;;;/h1-10H,(H,13,14);;;. The van der Waals surface area contributed by atoms with Gasteiger partial charge in [0.25, 0.3) is 7.37 Å². The Kier molecular flexibility index (Phi) is 5.23. The van der Waals surface area contributed by atoms with E-state index in [4.69, 9.17) is 0 Å². The SMILES string of the molecule is O=P(O)(c1ccccc1)c1ccccc1.[CaH2]. The molecule has 0 heterocycles. The van der Waals surface area contributed by atoms with Gasteiger partial charge >= 0.3 is 37.7 Å². The van der Waals surface area contributed by atoms with Crippen molar-refractivity contribution in [3.8, 4) is 0 Å². The molecular weight excluding hydrogens is 247 g/mol. The van der Waals surface area contributed by atoms with Crippen LogP contribution in [-0.4, -0.2) is 42.6 Å². The molecule has 0 saturated heterocycles. The van der Waals surface area contributed by atoms with E-state index in [2.05, 4.69) is 0 Å². The zero-order chi connectivity index (χ0) is 10.7. The molecule has 2 aromatic carbocycles. The Morgan fingerprint density at radius 1 is 0.750 bits per heavy atom. The fourth-order valence-corrected chi connectivity index (χ4v) is 2.86. The van der Waals surface area contributed by atoms with Crippen molar-refractivity contribution in [3.05, 3.63) is 60.7 Å². The minimum absolute atomic E-state index is 0. The third kappa shape index (κ3) is 2.97. The minimum atomic E-state index is -3.40. The van der Waals surface area contributed by atoms with Crippen LogP contribution in [0.4, 0.5) is 0 Å². The van der Waals surface area contributed by atoms with Crippen molar-refractivity contribution < 1.29 is 9.46 Å². The first-order valence-electron chi connectivity index (χ1n) is 4.65. The van der Waals surface area contributed by atoms with Crippen LogP contribution in [0.2, 0.25) is 0 Å². The van der Waals surface area contributed by atoms with Crippen LogP contribution in [0.5, 0.6) is 0 Å². The Bertz CT molecular complexity index is 441. The molecule has 0 fully saturated rings. The number of hydrogen-bond acceptors (Lipinski definition) is 1. The molecule has 0 amide bonds. The summed E-state index contributed by atoms with van der Waals surface area (Å²) < 4.78 is 12.2. The molecule has 80 valence electrons. The first-order chi connectivity index (χ1) is 7.21. The van der Waals surface area contributed by atoms with Crippen LogP contribution in [0, 0.1) is 0 Å². The van der Waals surface area contributed by atoms with Crippen molar-refractivity contribution in [1.29, 1.82) is 0 Å². The molecule has 0 aliphatic carbocycles. The molecule has 2 nitrogen and oxygen atoms in total. The molecule has 0 atom stereocenters. The zero-order valence-electron chi connectivity index (χ0n) is 8.08. The van der Waals surface area contributed by atoms with Crippen molar-refractivity contribution in [3.63, 3.8) is 0 Å². The first-order valence-corrected chi connectivity index (χ1v) is 6.31. The van der Waals surface area contributed by atoms with Crippen molar-refractivity contribution >= 4 is 55.7 Å². The molecule has 2 aromatic rings. The van der Waals surface area contributed by atoms with Gasteiger partial charge in [0.2, 0.25) is 0 Å². The third-order valence-corrected chi connectivity index (χ3v) is 4.21. The molecule has 0 spiro atoms. The van der Waals surface area contributed by atoms with E-state index in [1.165, 1.54) is 0 Å². The molecular formula is C12H13CaO2P. The van der Waals surface area contributed by atoms with Crippen LogP contribution in [0.3, 0.4) is 0 Å². The van der Waals surface area contributed by atoms with E-state index in [9.17, 15) is 9.46 Å². The zero-order valence-corrected chi connectivity index (χ0v) is 8.97. The summed E-state index contributed by atoms with van der Waals surface area (Å²) in [4.78, 5) is 10.0. The van der Waals surface area contributed by atoms with E-state index in [0.717, 1.165) is 0 Å². The van der Waals surface area contributed by atoms with Crippen LogP contribution in [0.1, 0.15) is 0 Å². The molecule has 0 bridgehead atoms. The average Bonchev–Trinajstić information content (AvgIpc) is 2.31. The summed E-state index contributed by atoms with van der Waals surface area (Å²) in [6.45, 7) is 0. The molecule has 0 aliphatic heterocycles. The normalized spacial score (nSPS) is 10.6. The van der Waals surface area contributed by atoms with Crippen molar-refractivity contribution in [2.45, 2.75) is 0 Å². The van der Waals surface area contributed by atoms with Gasteiger partial charge in [0.15, 0.2) is 0 Å². The van der Waals surface area contributed by atoms with E-state index < -0.39 is 7.37 Å². The van der Waals surface area contributed by atoms with Crippen LogP contribution < -0.4 is 10.6 Å². The van der Waals surface area contributed by atoms with Gasteiger partial charge in [0, 0.05) is 10.6 Å². The summed E-state index contributed by atoms with van der Waals surface area (Å²) in [6.07, 6.45) is 0. The molecule has 1 N–H and O–H groups in total. The number of benzene rings is 2. The van der Waals surface area contributed by atoms with Gasteiger partial charge in [-0.3, -0.25) is 4.57 Å². The summed E-state index contributed by atoms with van der Waals surface area (Å²) in [5, 5.41) is 0.937. The van der Waals surface area contributed by atoms with Crippen molar-refractivity contribution in [2.24, 2.45) is 0 Å². The Labute approximate surface area is 125 Å². The van der Waals surface area contributed by atoms with E-state index in [1.54, 1.807) is 48.5 Å². The summed E-state index contributed by atoms with van der Waals surface area (Å²) in [5.74, 6) is 0. The summed E-state index contributed by atoms with van der Waals surface area (Å²) >= 11 is 0. The average molecular weight is 260 g/mol. The van der Waals surface area contributed by atoms with Gasteiger partial charge in [-0.1, -0.05) is 36.4 Å². The topological polar surface area (TPSA) is 37.3 Å². The summed E-state index contributed by atoms with van der Waals surface area (Å²) in [7, 11) is -3.40. The second-order valence-corrected chi connectivity index (χ2v) is 5.43. The van der Waals surface area contributed by atoms with Gasteiger partial charge in [-0.2, -0.15) is 0 Å². The molecule has 4 heteroatoms. The van der Waals surface area contributed by atoms with Gasteiger partial charge < -0.3 is 4.89 Å². The van der Waals surface area contributed by atoms with E-state index in [-0.39, 0.29) is 37.7 Å². The Hall–Kier alpha value is -0.110. The molecule has 0 unspecified atom stereocenters. The first kappa shape index (κ1) is 14.0. The second kappa shape index (κ2) is 6.00. The van der Waals surface area contributed by atoms with Gasteiger partial charge in [-0.05, 0) is 24.3 Å². The Morgan fingerprint density at radius 3 is 1.38 bits per heavy atom. The van der Waals surface area contributed by atoms with Crippen molar-refractivity contribution in [2.75, 3.05) is 0 Å². The van der Waals surface area contributed by atoms with E-state index in [0.29, 0.717) is 10.6 Å². The van der Waals surface area contributed by atoms with Gasteiger partial charge in [0.05, 0.1) is 0 Å². The molecule has 0 radical (unpaired) electrons. The van der Waals surface area contributed by atoms with Crippen LogP contribution >= 0.6 is 7.37 Å². The molecule has 0 aliphatic rings. The molecule has 16 heavy (non-hydrogen) atoms. The van der Waals surface area contributed by atoms with E-state index >= 15 is 0 Å². The maximum absolute atomic E-state index is 12.2. The van der Waals surface area contributed by atoms with Crippen LogP contribution in [0.15, 0.2) is 60.7 Å². The molecule has 0 aromatic heterocycles. The van der Waals surface area contributed by atoms with Crippen molar-refractivity contribution in [1.82, 2.24) is 0 Å². The number of hydrogen-bond donors (Lipinski definition) is 1. The Morgan fingerprint density at radius 2 is 1.06 bits per heavy atom. The predicted molar refractivity (Wildman–Crippen MR) is 70.5 cm³/mol. The second-order valence-electron chi connectivity index (χ2n) is 3.25. The fraction of sp³-hybridized carbons (Fsp3) is 0. The quantitative estimate of drug-likeness (QED) is 0.646. The number of rotatable bonds is 2. The van der Waals surface area contributed by atoms with E-state index in [1.807, 2.05) is 12.1 Å². The molecule has 2 rings (SSSR count). The fourth-order valence-electron chi connectivity index (χ4n) is 1.41. The van der Waals surface area contributed by atoms with Crippen LogP contribution in [-0.2, 0) is 4.57 Å². The summed E-state index contributed by atoms with van der Waals surface area (Å²) in [5.41, 5.74) is 0. The Balaban J connectivity index is 0.00000128. The van der Waals surface area contributed by atoms with Gasteiger partial charge in [0.1, 0.15) is 0 Å². The maximum atomic E-state index is 12.2. The predicted octanol–water partition coefficient (Wildman–Crippen LogP) is 0.992. The van der Waals surface area contributed by atoms with Gasteiger partial charge in [-0.25, -0.2) is 0 Å². The molecule has 0 saturated carbocycles. The summed E-state index contributed by atoms with van der Waals surface area (Å²) in [6, 6.07) is 17.4. The third-order valence-electron chi connectivity index (χ3n) is 2.21. The van der Waals surface area contributed by atoms with Crippen LogP contribution in [0.25, 0.3) is 0 Å². The van der Waals surface area contributed by atoms with Gasteiger partial charge in [-0.15, -0.1) is 0 Å². The monoisotopic (exact) mass is 260 g/mol.